The Balaban J connectivity index is 1.94. The number of hydrogen-bond donors (Lipinski definition) is 1. The molecule has 0 spiro atoms. The first kappa shape index (κ1) is 13.8. The van der Waals surface area contributed by atoms with Gasteiger partial charge in [-0.2, -0.15) is 0 Å². The van der Waals surface area contributed by atoms with Gasteiger partial charge in [-0.3, -0.25) is 0 Å². The van der Waals surface area contributed by atoms with Gasteiger partial charge in [-0.05, 0) is 25.8 Å². The number of nitrogens with one attached hydrogen (secondary N) is 1. The van der Waals surface area contributed by atoms with Crippen molar-refractivity contribution in [1.29, 1.82) is 0 Å². The average molecular weight is 286 g/mol. The minimum Gasteiger partial charge on any atom is -0.315 e. The van der Waals surface area contributed by atoms with Crippen LogP contribution in [0, 0.1) is 5.92 Å². The fraction of sp³-hybridized carbons (Fsp3) is 0.471. The quantitative estimate of drug-likeness (QED) is 0.899. The molecule has 1 aliphatic carbocycles. The topological polar surface area (TPSA) is 24.9 Å². The first-order valence-electron chi connectivity index (χ1n) is 7.47. The minimum atomic E-state index is 0.683. The summed E-state index contributed by atoms with van der Waals surface area (Å²) in [5.74, 6) is 1.54. The van der Waals surface area contributed by atoms with E-state index in [9.17, 15) is 0 Å². The molecule has 0 radical (unpaired) electrons. The van der Waals surface area contributed by atoms with Gasteiger partial charge >= 0.3 is 0 Å². The lowest BCUT2D eigenvalue weighted by atomic mass is 10.1. The predicted molar refractivity (Wildman–Crippen MR) is 86.1 cm³/mol. The van der Waals surface area contributed by atoms with Gasteiger partial charge in [0.05, 0.1) is 10.7 Å². The van der Waals surface area contributed by atoms with Crippen LogP contribution in [-0.2, 0) is 6.54 Å². The van der Waals surface area contributed by atoms with Crippen LogP contribution < -0.4 is 5.32 Å². The molecule has 0 aliphatic heterocycles. The maximum atomic E-state index is 4.99. The summed E-state index contributed by atoms with van der Waals surface area (Å²) in [5, 5.41) is 4.62. The highest BCUT2D eigenvalue weighted by Crippen LogP contribution is 2.41. The van der Waals surface area contributed by atoms with E-state index in [1.165, 1.54) is 40.4 Å². The average Bonchev–Trinajstić information content (AvgIpc) is 3.07. The third-order valence-corrected chi connectivity index (χ3v) is 5.36. The highest BCUT2D eigenvalue weighted by molar-refractivity contribution is 7.12. The van der Waals surface area contributed by atoms with Gasteiger partial charge < -0.3 is 5.32 Å². The monoisotopic (exact) mass is 286 g/mol. The van der Waals surface area contributed by atoms with E-state index in [4.69, 9.17) is 4.98 Å². The summed E-state index contributed by atoms with van der Waals surface area (Å²) in [7, 11) is 2.01. The van der Waals surface area contributed by atoms with Crippen molar-refractivity contribution in [3.63, 3.8) is 0 Å². The number of benzene rings is 1. The number of rotatable bonds is 4. The smallest absolute Gasteiger partial charge is 0.0966 e. The lowest BCUT2D eigenvalue weighted by Gasteiger charge is -2.04. The van der Waals surface area contributed by atoms with Gasteiger partial charge in [0, 0.05) is 22.9 Å². The minimum absolute atomic E-state index is 0.683. The van der Waals surface area contributed by atoms with Crippen LogP contribution in [0.5, 0.6) is 0 Å². The highest BCUT2D eigenvalue weighted by Gasteiger charge is 2.26. The SMILES string of the molecule is CNCc1sc(C2CCC(C)C2)nc1-c1ccccc1. The highest BCUT2D eigenvalue weighted by atomic mass is 32.1. The maximum absolute atomic E-state index is 4.99. The molecule has 0 amide bonds. The fourth-order valence-electron chi connectivity index (χ4n) is 3.08. The van der Waals surface area contributed by atoms with Crippen LogP contribution in [0.3, 0.4) is 0 Å². The van der Waals surface area contributed by atoms with E-state index >= 15 is 0 Å². The molecule has 2 nitrogen and oxygen atoms in total. The van der Waals surface area contributed by atoms with Gasteiger partial charge in [0.2, 0.25) is 0 Å². The number of aromatic nitrogens is 1. The molecule has 1 aliphatic rings. The zero-order chi connectivity index (χ0) is 13.9. The molecule has 1 N–H and O–H groups in total. The normalized spacial score (nSPS) is 22.3. The first-order valence-corrected chi connectivity index (χ1v) is 8.29. The predicted octanol–water partition coefficient (Wildman–Crippen LogP) is 4.43. The molecule has 1 saturated carbocycles. The third kappa shape index (κ3) is 2.79. The Morgan fingerprint density at radius 1 is 1.25 bits per heavy atom. The largest absolute Gasteiger partial charge is 0.315 e. The Morgan fingerprint density at radius 3 is 2.70 bits per heavy atom. The molecule has 1 heterocycles. The van der Waals surface area contributed by atoms with E-state index in [1.54, 1.807) is 0 Å². The molecule has 2 aromatic rings. The lowest BCUT2D eigenvalue weighted by molar-refractivity contribution is 0.596. The van der Waals surface area contributed by atoms with E-state index in [0.29, 0.717) is 5.92 Å². The second kappa shape index (κ2) is 6.06. The first-order chi connectivity index (χ1) is 9.78. The van der Waals surface area contributed by atoms with Crippen molar-refractivity contribution < 1.29 is 0 Å². The van der Waals surface area contributed by atoms with Gasteiger partial charge in [0.1, 0.15) is 0 Å². The van der Waals surface area contributed by atoms with E-state index in [0.717, 1.165) is 12.5 Å². The molecule has 106 valence electrons. The standard InChI is InChI=1S/C17H22N2S/c1-12-8-9-14(10-12)17-19-16(15(20-17)11-18-2)13-6-4-3-5-7-13/h3-7,12,14,18H,8-11H2,1-2H3. The van der Waals surface area contributed by atoms with Gasteiger partial charge in [0.15, 0.2) is 0 Å². The summed E-state index contributed by atoms with van der Waals surface area (Å²) < 4.78 is 0. The van der Waals surface area contributed by atoms with Crippen molar-refractivity contribution in [2.75, 3.05) is 7.05 Å². The third-order valence-electron chi connectivity index (χ3n) is 4.14. The molecule has 2 atom stereocenters. The van der Waals surface area contributed by atoms with Crippen LogP contribution in [0.2, 0.25) is 0 Å². The van der Waals surface area contributed by atoms with Crippen molar-refractivity contribution in [3.05, 3.63) is 40.2 Å². The van der Waals surface area contributed by atoms with Crippen molar-refractivity contribution in [3.8, 4) is 11.3 Å². The second-order valence-electron chi connectivity index (χ2n) is 5.84. The summed E-state index contributed by atoms with van der Waals surface area (Å²) in [4.78, 5) is 6.36. The maximum Gasteiger partial charge on any atom is 0.0966 e. The second-order valence-corrected chi connectivity index (χ2v) is 6.95. The Hall–Kier alpha value is -1.19. The van der Waals surface area contributed by atoms with Crippen molar-refractivity contribution in [2.24, 2.45) is 5.92 Å². The van der Waals surface area contributed by atoms with Gasteiger partial charge in [-0.1, -0.05) is 43.7 Å². The summed E-state index contributed by atoms with van der Waals surface area (Å²) in [6.45, 7) is 3.27. The molecule has 1 aromatic heterocycles. The van der Waals surface area contributed by atoms with Gasteiger partial charge in [-0.25, -0.2) is 4.98 Å². The van der Waals surface area contributed by atoms with E-state index < -0.39 is 0 Å². The van der Waals surface area contributed by atoms with Gasteiger partial charge in [-0.15, -0.1) is 11.3 Å². The number of thiazole rings is 1. The van der Waals surface area contributed by atoms with Crippen molar-refractivity contribution >= 4 is 11.3 Å². The van der Waals surface area contributed by atoms with Crippen LogP contribution in [0.4, 0.5) is 0 Å². The number of hydrogen-bond acceptors (Lipinski definition) is 3. The lowest BCUT2D eigenvalue weighted by Crippen LogP contribution is -2.04. The van der Waals surface area contributed by atoms with Crippen LogP contribution in [0.15, 0.2) is 30.3 Å². The molecule has 0 bridgehead atoms. The summed E-state index contributed by atoms with van der Waals surface area (Å²) in [6, 6.07) is 10.6. The molecule has 1 fully saturated rings. The Kier molecular flexibility index (Phi) is 4.18. The molecule has 1 aromatic carbocycles. The van der Waals surface area contributed by atoms with E-state index in [2.05, 4.69) is 42.6 Å². The van der Waals surface area contributed by atoms with Crippen LogP contribution in [0.25, 0.3) is 11.3 Å². The van der Waals surface area contributed by atoms with Crippen LogP contribution in [-0.4, -0.2) is 12.0 Å². The zero-order valence-electron chi connectivity index (χ0n) is 12.2. The Morgan fingerprint density at radius 2 is 2.05 bits per heavy atom. The Bertz CT molecular complexity index is 562. The van der Waals surface area contributed by atoms with Crippen LogP contribution in [0.1, 0.15) is 42.0 Å². The molecule has 0 saturated heterocycles. The molecular formula is C17H22N2S. The zero-order valence-corrected chi connectivity index (χ0v) is 13.0. The van der Waals surface area contributed by atoms with Crippen molar-refractivity contribution in [1.82, 2.24) is 10.3 Å². The summed E-state index contributed by atoms with van der Waals surface area (Å²) >= 11 is 1.90. The van der Waals surface area contributed by atoms with E-state index in [1.807, 2.05) is 18.4 Å². The number of nitrogens with zero attached hydrogens (tertiary/aromatic N) is 1. The van der Waals surface area contributed by atoms with E-state index in [-0.39, 0.29) is 0 Å². The van der Waals surface area contributed by atoms with Crippen LogP contribution >= 0.6 is 11.3 Å². The fourth-order valence-corrected chi connectivity index (χ4v) is 4.32. The molecule has 3 rings (SSSR count). The van der Waals surface area contributed by atoms with Gasteiger partial charge in [0.25, 0.3) is 0 Å². The molecule has 20 heavy (non-hydrogen) atoms. The summed E-state index contributed by atoms with van der Waals surface area (Å²) in [6.07, 6.45) is 3.97. The Labute approximate surface area is 125 Å². The molecule has 3 heteroatoms. The molecule has 2 unspecified atom stereocenters. The summed E-state index contributed by atoms with van der Waals surface area (Å²) in [5.41, 5.74) is 2.42. The van der Waals surface area contributed by atoms with Crippen molar-refractivity contribution in [2.45, 2.75) is 38.6 Å². The molecular weight excluding hydrogens is 264 g/mol.